The summed E-state index contributed by atoms with van der Waals surface area (Å²) in [4.78, 5) is 12.5. The van der Waals surface area contributed by atoms with Gasteiger partial charge in [0.25, 0.3) is 0 Å². The van der Waals surface area contributed by atoms with Crippen LogP contribution in [0.3, 0.4) is 0 Å². The normalized spacial score (nSPS) is 9.90. The van der Waals surface area contributed by atoms with Gasteiger partial charge in [-0.05, 0) is 18.4 Å². The highest BCUT2D eigenvalue weighted by atomic mass is 16.1. The van der Waals surface area contributed by atoms with Crippen LogP contribution < -0.4 is 0 Å². The van der Waals surface area contributed by atoms with Gasteiger partial charge in [0.2, 0.25) is 0 Å². The summed E-state index contributed by atoms with van der Waals surface area (Å²) in [5.41, 5.74) is 3.86. The highest BCUT2D eigenvalue weighted by Gasteiger charge is 2.14. The lowest BCUT2D eigenvalue weighted by atomic mass is 9.92. The van der Waals surface area contributed by atoms with E-state index in [1.54, 1.807) is 0 Å². The molecule has 106 valence electrons. The Balaban J connectivity index is 0.000000956. The zero-order valence-corrected chi connectivity index (χ0v) is 13.1. The Morgan fingerprint density at radius 2 is 1.45 bits per heavy atom. The molecule has 20 heavy (non-hydrogen) atoms. The summed E-state index contributed by atoms with van der Waals surface area (Å²) in [5, 5.41) is 0. The van der Waals surface area contributed by atoms with Crippen molar-refractivity contribution in [2.45, 2.75) is 40.5 Å². The van der Waals surface area contributed by atoms with Crippen molar-refractivity contribution in [3.8, 4) is 0 Å². The fraction of sp³-hybridized carbons (Fsp3) is 0.316. The van der Waals surface area contributed by atoms with Gasteiger partial charge in [-0.3, -0.25) is 4.79 Å². The van der Waals surface area contributed by atoms with Gasteiger partial charge in [0, 0.05) is 11.1 Å². The highest BCUT2D eigenvalue weighted by molar-refractivity contribution is 6.10. The number of hydrogen-bond acceptors (Lipinski definition) is 1. The predicted molar refractivity (Wildman–Crippen MR) is 86.5 cm³/mol. The molecule has 0 aromatic heterocycles. The molecule has 2 aromatic rings. The third-order valence-electron chi connectivity index (χ3n) is 3.14. The second-order valence-electron chi connectivity index (χ2n) is 4.94. The first-order valence-electron chi connectivity index (χ1n) is 7.30. The molecular formula is C19H24O. The predicted octanol–water partition coefficient (Wildman–Crippen LogP) is 5.38. The van der Waals surface area contributed by atoms with Gasteiger partial charge in [0.05, 0.1) is 0 Å². The molecule has 0 amide bonds. The Bertz CT molecular complexity index is 550. The fourth-order valence-electron chi connectivity index (χ4n) is 2.07. The van der Waals surface area contributed by atoms with Gasteiger partial charge in [0.15, 0.2) is 5.78 Å². The van der Waals surface area contributed by atoms with E-state index >= 15 is 0 Å². The Morgan fingerprint density at radius 3 is 2.00 bits per heavy atom. The second kappa shape index (κ2) is 7.64. The molecule has 0 spiro atoms. The fourth-order valence-corrected chi connectivity index (χ4v) is 2.07. The molecule has 1 heteroatoms. The molecule has 0 heterocycles. The molecule has 0 bridgehead atoms. The maximum absolute atomic E-state index is 12.5. The van der Waals surface area contributed by atoms with Crippen molar-refractivity contribution in [3.63, 3.8) is 0 Å². The highest BCUT2D eigenvalue weighted by Crippen LogP contribution is 2.22. The van der Waals surface area contributed by atoms with Crippen LogP contribution in [0.5, 0.6) is 0 Å². The molecule has 0 radical (unpaired) electrons. The van der Waals surface area contributed by atoms with Crippen LogP contribution in [0.15, 0.2) is 48.5 Å². The summed E-state index contributed by atoms with van der Waals surface area (Å²) in [6.07, 6.45) is 0. The number of carbonyl (C=O) groups excluding carboxylic acids is 1. The van der Waals surface area contributed by atoms with Gasteiger partial charge in [-0.1, -0.05) is 81.8 Å². The van der Waals surface area contributed by atoms with Crippen molar-refractivity contribution in [3.05, 3.63) is 70.8 Å². The van der Waals surface area contributed by atoms with Crippen LogP contribution in [0, 0.1) is 6.92 Å². The molecule has 0 fully saturated rings. The van der Waals surface area contributed by atoms with E-state index in [1.807, 2.05) is 69.3 Å². The average molecular weight is 268 g/mol. The van der Waals surface area contributed by atoms with Crippen LogP contribution in [0.2, 0.25) is 0 Å². The number of ketones is 1. The van der Waals surface area contributed by atoms with Gasteiger partial charge >= 0.3 is 0 Å². The zero-order valence-electron chi connectivity index (χ0n) is 13.1. The van der Waals surface area contributed by atoms with Gasteiger partial charge in [-0.2, -0.15) is 0 Å². The van der Waals surface area contributed by atoms with Crippen molar-refractivity contribution in [2.75, 3.05) is 0 Å². The molecule has 0 aliphatic heterocycles. The van der Waals surface area contributed by atoms with Crippen molar-refractivity contribution >= 4 is 5.78 Å². The molecule has 0 N–H and O–H groups in total. The lowest BCUT2D eigenvalue weighted by Gasteiger charge is -2.11. The molecule has 0 aliphatic carbocycles. The molecule has 0 aliphatic rings. The molecule has 2 aromatic carbocycles. The van der Waals surface area contributed by atoms with Crippen LogP contribution >= 0.6 is 0 Å². The molecule has 0 saturated carbocycles. The van der Waals surface area contributed by atoms with Crippen molar-refractivity contribution < 1.29 is 4.79 Å². The maximum Gasteiger partial charge on any atom is 0.193 e. The van der Waals surface area contributed by atoms with Crippen LogP contribution in [0.4, 0.5) is 0 Å². The molecule has 0 saturated heterocycles. The van der Waals surface area contributed by atoms with Gasteiger partial charge in [0.1, 0.15) is 0 Å². The number of benzene rings is 2. The molecule has 2 rings (SSSR count). The van der Waals surface area contributed by atoms with Crippen molar-refractivity contribution in [2.24, 2.45) is 0 Å². The topological polar surface area (TPSA) is 17.1 Å². The van der Waals surface area contributed by atoms with E-state index in [0.717, 1.165) is 16.7 Å². The summed E-state index contributed by atoms with van der Waals surface area (Å²) in [6, 6.07) is 15.6. The minimum atomic E-state index is 0.110. The first-order valence-corrected chi connectivity index (χ1v) is 7.30. The SMILES string of the molecule is CC.Cc1ccc(C(=O)c2ccccc2C(C)C)cc1. The summed E-state index contributed by atoms with van der Waals surface area (Å²) in [6.45, 7) is 10.2. The maximum atomic E-state index is 12.5. The lowest BCUT2D eigenvalue weighted by molar-refractivity contribution is 0.103. The minimum Gasteiger partial charge on any atom is -0.289 e. The largest absolute Gasteiger partial charge is 0.289 e. The summed E-state index contributed by atoms with van der Waals surface area (Å²) >= 11 is 0. The first kappa shape index (κ1) is 16.2. The monoisotopic (exact) mass is 268 g/mol. The quantitative estimate of drug-likeness (QED) is 0.683. The molecule has 1 nitrogen and oxygen atoms in total. The van der Waals surface area contributed by atoms with Gasteiger partial charge in [-0.15, -0.1) is 0 Å². The van der Waals surface area contributed by atoms with E-state index in [9.17, 15) is 4.79 Å². The Hall–Kier alpha value is -1.89. The Morgan fingerprint density at radius 1 is 0.900 bits per heavy atom. The minimum absolute atomic E-state index is 0.110. The van der Waals surface area contributed by atoms with Crippen LogP contribution in [-0.2, 0) is 0 Å². The Kier molecular flexibility index (Phi) is 6.17. The van der Waals surface area contributed by atoms with Gasteiger partial charge in [-0.25, -0.2) is 0 Å². The molecule has 0 atom stereocenters. The average Bonchev–Trinajstić information content (AvgIpc) is 2.49. The number of aryl methyl sites for hydroxylation is 1. The lowest BCUT2D eigenvalue weighted by Crippen LogP contribution is -2.06. The standard InChI is InChI=1S/C17H18O.C2H6/c1-12(2)15-6-4-5-7-16(15)17(18)14-10-8-13(3)9-11-14;1-2/h4-12H,1-3H3;1-2H3. The number of carbonyl (C=O) groups is 1. The van der Waals surface area contributed by atoms with Crippen LogP contribution in [-0.4, -0.2) is 5.78 Å². The second-order valence-corrected chi connectivity index (χ2v) is 4.94. The number of rotatable bonds is 3. The van der Waals surface area contributed by atoms with E-state index in [-0.39, 0.29) is 5.78 Å². The van der Waals surface area contributed by atoms with Crippen molar-refractivity contribution in [1.82, 2.24) is 0 Å². The van der Waals surface area contributed by atoms with E-state index in [0.29, 0.717) is 5.92 Å². The third-order valence-corrected chi connectivity index (χ3v) is 3.14. The van der Waals surface area contributed by atoms with Crippen molar-refractivity contribution in [1.29, 1.82) is 0 Å². The van der Waals surface area contributed by atoms with Crippen LogP contribution in [0.25, 0.3) is 0 Å². The summed E-state index contributed by atoms with van der Waals surface area (Å²) in [7, 11) is 0. The third kappa shape index (κ3) is 3.80. The van der Waals surface area contributed by atoms with E-state index < -0.39 is 0 Å². The first-order chi connectivity index (χ1) is 9.59. The molecule has 0 unspecified atom stereocenters. The Labute approximate surface area is 122 Å². The summed E-state index contributed by atoms with van der Waals surface area (Å²) in [5.74, 6) is 0.467. The summed E-state index contributed by atoms with van der Waals surface area (Å²) < 4.78 is 0. The number of hydrogen-bond donors (Lipinski definition) is 0. The molecular weight excluding hydrogens is 244 g/mol. The smallest absolute Gasteiger partial charge is 0.193 e. The van der Waals surface area contributed by atoms with E-state index in [4.69, 9.17) is 0 Å². The van der Waals surface area contributed by atoms with E-state index in [1.165, 1.54) is 5.56 Å². The zero-order chi connectivity index (χ0) is 15.1. The van der Waals surface area contributed by atoms with Crippen LogP contribution in [0.1, 0.15) is 60.7 Å². The van der Waals surface area contributed by atoms with Gasteiger partial charge < -0.3 is 0 Å². The van der Waals surface area contributed by atoms with E-state index in [2.05, 4.69) is 13.8 Å².